The van der Waals surface area contributed by atoms with Gasteiger partial charge in [0.15, 0.2) is 6.23 Å². The Kier molecular flexibility index (Phi) is 3.72. The van der Waals surface area contributed by atoms with Crippen molar-refractivity contribution in [3.05, 3.63) is 35.9 Å². The first-order chi connectivity index (χ1) is 8.31. The van der Waals surface area contributed by atoms with Crippen LogP contribution >= 0.6 is 0 Å². The van der Waals surface area contributed by atoms with E-state index in [1.807, 2.05) is 35.2 Å². The maximum absolute atomic E-state index is 11.3. The van der Waals surface area contributed by atoms with Crippen LogP contribution in [-0.2, 0) is 14.3 Å². The molecule has 0 aliphatic carbocycles. The summed E-state index contributed by atoms with van der Waals surface area (Å²) in [5.41, 5.74) is 0.870. The lowest BCUT2D eigenvalue weighted by molar-refractivity contribution is -0.149. The van der Waals surface area contributed by atoms with Crippen molar-refractivity contribution in [1.82, 2.24) is 10.2 Å². The first-order valence-electron chi connectivity index (χ1n) is 5.46. The molecule has 2 rings (SSSR count). The van der Waals surface area contributed by atoms with Crippen LogP contribution in [0.5, 0.6) is 0 Å². The molecule has 0 saturated carbocycles. The second-order valence-corrected chi connectivity index (χ2v) is 3.82. The number of rotatable bonds is 4. The summed E-state index contributed by atoms with van der Waals surface area (Å²) in [6.07, 6.45) is -0.486. The van der Waals surface area contributed by atoms with Crippen LogP contribution in [0.3, 0.4) is 0 Å². The second-order valence-electron chi connectivity index (χ2n) is 3.82. The van der Waals surface area contributed by atoms with Gasteiger partial charge < -0.3 is 10.1 Å². The van der Waals surface area contributed by atoms with Crippen LogP contribution in [0.25, 0.3) is 0 Å². The monoisotopic (exact) mass is 234 g/mol. The minimum Gasteiger partial charge on any atom is -0.444 e. The standard InChI is InChI=1S/C12H14N2O3/c15-9-17-12(10-4-2-1-3-5-10)14-7-6-13-11(16)8-14/h1-5,9,12H,6-8H2,(H,13,16). The molecular formula is C12H14N2O3. The van der Waals surface area contributed by atoms with E-state index in [0.29, 0.717) is 19.6 Å². The molecule has 5 heteroatoms. The third kappa shape index (κ3) is 2.82. The van der Waals surface area contributed by atoms with Crippen molar-refractivity contribution in [2.75, 3.05) is 19.6 Å². The van der Waals surface area contributed by atoms with Gasteiger partial charge in [-0.15, -0.1) is 0 Å². The predicted octanol–water partition coefficient (Wildman–Crippen LogP) is 0.290. The van der Waals surface area contributed by atoms with E-state index in [4.69, 9.17) is 4.74 Å². The molecule has 1 heterocycles. The maximum Gasteiger partial charge on any atom is 0.294 e. The largest absolute Gasteiger partial charge is 0.444 e. The molecule has 1 aromatic carbocycles. The van der Waals surface area contributed by atoms with Crippen molar-refractivity contribution in [1.29, 1.82) is 0 Å². The third-order valence-electron chi connectivity index (χ3n) is 2.67. The lowest BCUT2D eigenvalue weighted by Gasteiger charge is -2.32. The number of ether oxygens (including phenoxy) is 1. The molecular weight excluding hydrogens is 220 g/mol. The van der Waals surface area contributed by atoms with Gasteiger partial charge in [-0.3, -0.25) is 14.5 Å². The van der Waals surface area contributed by atoms with Crippen LogP contribution in [0.15, 0.2) is 30.3 Å². The Bertz CT molecular complexity index is 394. The Morgan fingerprint density at radius 3 is 2.76 bits per heavy atom. The van der Waals surface area contributed by atoms with Gasteiger partial charge in [-0.1, -0.05) is 30.3 Å². The molecule has 0 aromatic heterocycles. The summed E-state index contributed by atoms with van der Waals surface area (Å²) < 4.78 is 5.08. The Morgan fingerprint density at radius 2 is 2.12 bits per heavy atom. The molecule has 1 aromatic rings. The lowest BCUT2D eigenvalue weighted by Crippen LogP contribution is -2.49. The van der Waals surface area contributed by atoms with Crippen LogP contribution in [0.4, 0.5) is 0 Å². The Balaban J connectivity index is 2.16. The summed E-state index contributed by atoms with van der Waals surface area (Å²) in [6.45, 7) is 1.90. The second kappa shape index (κ2) is 5.45. The SMILES string of the molecule is O=COC(c1ccccc1)N1CCNC(=O)C1. The number of benzene rings is 1. The molecule has 0 radical (unpaired) electrons. The van der Waals surface area contributed by atoms with Crippen LogP contribution in [-0.4, -0.2) is 36.9 Å². The molecule has 1 unspecified atom stereocenters. The Morgan fingerprint density at radius 1 is 1.35 bits per heavy atom. The van der Waals surface area contributed by atoms with Gasteiger partial charge in [0.2, 0.25) is 5.91 Å². The predicted molar refractivity (Wildman–Crippen MR) is 60.9 cm³/mol. The highest BCUT2D eigenvalue weighted by atomic mass is 16.5. The number of carbonyl (C=O) groups is 2. The van der Waals surface area contributed by atoms with E-state index in [1.54, 1.807) is 0 Å². The molecule has 0 spiro atoms. The highest BCUT2D eigenvalue weighted by Crippen LogP contribution is 2.21. The summed E-state index contributed by atoms with van der Waals surface area (Å²) >= 11 is 0. The van der Waals surface area contributed by atoms with Crippen molar-refractivity contribution in [3.8, 4) is 0 Å². The summed E-state index contributed by atoms with van der Waals surface area (Å²) in [5, 5.41) is 2.74. The van der Waals surface area contributed by atoms with E-state index in [1.165, 1.54) is 0 Å². The fourth-order valence-corrected chi connectivity index (χ4v) is 1.90. The van der Waals surface area contributed by atoms with Gasteiger partial charge in [-0.05, 0) is 0 Å². The summed E-state index contributed by atoms with van der Waals surface area (Å²) in [6, 6.07) is 9.40. The van der Waals surface area contributed by atoms with E-state index in [-0.39, 0.29) is 12.5 Å². The summed E-state index contributed by atoms with van der Waals surface area (Å²) in [7, 11) is 0. The van der Waals surface area contributed by atoms with Crippen LogP contribution in [0.1, 0.15) is 11.8 Å². The zero-order valence-corrected chi connectivity index (χ0v) is 9.33. The minimum absolute atomic E-state index is 0.0494. The van der Waals surface area contributed by atoms with Crippen LogP contribution in [0.2, 0.25) is 0 Å². The van der Waals surface area contributed by atoms with Gasteiger partial charge in [0.1, 0.15) is 0 Å². The molecule has 1 amide bonds. The van der Waals surface area contributed by atoms with E-state index in [9.17, 15) is 9.59 Å². The normalized spacial score (nSPS) is 18.2. The van der Waals surface area contributed by atoms with E-state index in [2.05, 4.69) is 5.32 Å². The topological polar surface area (TPSA) is 58.6 Å². The first kappa shape index (κ1) is 11.6. The Labute approximate surface area is 99.4 Å². The zero-order chi connectivity index (χ0) is 12.1. The number of piperazine rings is 1. The first-order valence-corrected chi connectivity index (χ1v) is 5.46. The number of carbonyl (C=O) groups excluding carboxylic acids is 2. The number of nitrogens with one attached hydrogen (secondary N) is 1. The molecule has 1 fully saturated rings. The number of amides is 1. The molecule has 1 atom stereocenters. The summed E-state index contributed by atoms with van der Waals surface area (Å²) in [5.74, 6) is -0.0494. The number of nitrogens with zero attached hydrogens (tertiary/aromatic N) is 1. The maximum atomic E-state index is 11.3. The number of hydrogen-bond acceptors (Lipinski definition) is 4. The van der Waals surface area contributed by atoms with Gasteiger partial charge in [-0.25, -0.2) is 0 Å². The van der Waals surface area contributed by atoms with Crippen molar-refractivity contribution in [3.63, 3.8) is 0 Å². The van der Waals surface area contributed by atoms with Crippen molar-refractivity contribution >= 4 is 12.4 Å². The molecule has 1 saturated heterocycles. The van der Waals surface area contributed by atoms with Gasteiger partial charge in [-0.2, -0.15) is 0 Å². The molecule has 1 aliphatic rings. The molecule has 1 N–H and O–H groups in total. The van der Waals surface area contributed by atoms with E-state index in [0.717, 1.165) is 5.56 Å². The van der Waals surface area contributed by atoms with Crippen molar-refractivity contribution < 1.29 is 14.3 Å². The quantitative estimate of drug-likeness (QED) is 0.761. The summed E-state index contributed by atoms with van der Waals surface area (Å²) in [4.78, 5) is 23.7. The van der Waals surface area contributed by atoms with Crippen LogP contribution in [0, 0.1) is 0 Å². The smallest absolute Gasteiger partial charge is 0.294 e. The van der Waals surface area contributed by atoms with E-state index < -0.39 is 6.23 Å². The van der Waals surface area contributed by atoms with Crippen molar-refractivity contribution in [2.45, 2.75) is 6.23 Å². The van der Waals surface area contributed by atoms with Gasteiger partial charge >= 0.3 is 0 Å². The molecule has 5 nitrogen and oxygen atoms in total. The minimum atomic E-state index is -0.486. The van der Waals surface area contributed by atoms with E-state index >= 15 is 0 Å². The van der Waals surface area contributed by atoms with Crippen molar-refractivity contribution in [2.24, 2.45) is 0 Å². The third-order valence-corrected chi connectivity index (χ3v) is 2.67. The van der Waals surface area contributed by atoms with Crippen LogP contribution < -0.4 is 5.32 Å². The molecule has 0 bridgehead atoms. The highest BCUT2D eigenvalue weighted by molar-refractivity contribution is 5.78. The molecule has 17 heavy (non-hydrogen) atoms. The zero-order valence-electron chi connectivity index (χ0n) is 9.33. The van der Waals surface area contributed by atoms with Gasteiger partial charge in [0, 0.05) is 18.7 Å². The molecule has 1 aliphatic heterocycles. The average molecular weight is 234 g/mol. The lowest BCUT2D eigenvalue weighted by atomic mass is 10.1. The Hall–Kier alpha value is -1.88. The van der Waals surface area contributed by atoms with Gasteiger partial charge in [0.05, 0.1) is 6.54 Å². The highest BCUT2D eigenvalue weighted by Gasteiger charge is 2.26. The van der Waals surface area contributed by atoms with Gasteiger partial charge in [0.25, 0.3) is 6.47 Å². The molecule has 90 valence electrons. The number of hydrogen-bond donors (Lipinski definition) is 1. The average Bonchev–Trinajstić information content (AvgIpc) is 2.37. The fourth-order valence-electron chi connectivity index (χ4n) is 1.90. The fraction of sp³-hybridized carbons (Fsp3) is 0.333.